The maximum absolute atomic E-state index is 12.7. The average Bonchev–Trinajstić information content (AvgIpc) is 3.25. The zero-order chi connectivity index (χ0) is 47.1. The molecule has 0 aliphatic carbocycles. The molecule has 1 unspecified atom stereocenters. The van der Waals surface area contributed by atoms with Crippen molar-refractivity contribution in [1.29, 1.82) is 0 Å². The standard InChI is InChI=1S/C54H96NO8P/c1-6-8-10-12-14-16-18-20-22-24-25-26-27-28-29-31-33-35-37-39-41-43-45-47-54(57)63-52(51-62-64(58,59)61-49-48-55(3,4)5)50-60-53(56)46-44-42-40-38-36-34-32-30-23-21-19-17-15-13-11-9-7-2/h9,11,15,17,21,23,32,34,38-41,52H,6-8,10,12-14,16,18-20,22,24-31,33,35-37,42-51H2,1-5H3/b11-9+,17-15+,23-21+,34-32+,40-38+,41-39+/t52-/m1/s1. The molecule has 0 fully saturated rings. The number of hydrogen-bond donors (Lipinski definition) is 0. The number of quaternary nitrogens is 1. The highest BCUT2D eigenvalue weighted by atomic mass is 31.2. The van der Waals surface area contributed by atoms with Crippen LogP contribution in [0.1, 0.15) is 206 Å². The largest absolute Gasteiger partial charge is 0.756 e. The summed E-state index contributed by atoms with van der Waals surface area (Å²) in [5, 5.41) is 0. The van der Waals surface area contributed by atoms with Crippen LogP contribution >= 0.6 is 7.82 Å². The van der Waals surface area contributed by atoms with E-state index in [-0.39, 0.29) is 26.1 Å². The summed E-state index contributed by atoms with van der Waals surface area (Å²) < 4.78 is 33.9. The summed E-state index contributed by atoms with van der Waals surface area (Å²) in [4.78, 5) is 37.7. The number of esters is 2. The molecule has 10 heteroatoms. The molecule has 0 aromatic rings. The molecule has 0 bridgehead atoms. The number of phosphoric acid groups is 1. The molecule has 0 aliphatic heterocycles. The predicted octanol–water partition coefficient (Wildman–Crippen LogP) is 14.7. The molecular weight excluding hydrogens is 822 g/mol. The topological polar surface area (TPSA) is 111 Å². The molecule has 0 amide bonds. The number of carbonyl (C=O) groups is 2. The number of rotatable bonds is 46. The number of nitrogens with zero attached hydrogens (tertiary/aromatic N) is 1. The number of ether oxygens (including phenoxy) is 2. The third kappa shape index (κ3) is 48.9. The van der Waals surface area contributed by atoms with Crippen molar-refractivity contribution < 1.29 is 42.1 Å². The molecule has 2 atom stereocenters. The van der Waals surface area contributed by atoms with Gasteiger partial charge in [-0.3, -0.25) is 14.2 Å². The number of phosphoric ester groups is 1. The Hall–Kier alpha value is -2.55. The first kappa shape index (κ1) is 61.5. The van der Waals surface area contributed by atoms with Crippen molar-refractivity contribution in [2.45, 2.75) is 213 Å². The fourth-order valence-electron chi connectivity index (χ4n) is 6.75. The molecule has 0 aromatic carbocycles. The van der Waals surface area contributed by atoms with Gasteiger partial charge in [-0.25, -0.2) is 0 Å². The van der Waals surface area contributed by atoms with E-state index in [1.807, 2.05) is 27.2 Å². The number of carbonyl (C=O) groups excluding carboxylic acids is 2. The average molecular weight is 918 g/mol. The summed E-state index contributed by atoms with van der Waals surface area (Å²) in [7, 11) is 1.11. The number of unbranched alkanes of at least 4 members (excludes halogenated alkanes) is 20. The van der Waals surface area contributed by atoms with E-state index in [1.165, 1.54) is 116 Å². The van der Waals surface area contributed by atoms with E-state index >= 15 is 0 Å². The lowest BCUT2D eigenvalue weighted by Gasteiger charge is -2.28. The maximum atomic E-state index is 12.7. The molecule has 370 valence electrons. The van der Waals surface area contributed by atoms with Gasteiger partial charge in [-0.05, 0) is 70.6 Å². The van der Waals surface area contributed by atoms with Crippen LogP contribution in [0.15, 0.2) is 72.9 Å². The SMILES string of the molecule is CC/C=C/C/C=C/C/C=C/C/C=C/C/C=C/CCCC(=O)OC[C@H](COP(=O)([O-])OCC[N+](C)(C)C)OC(=O)CCC/C=C/CCCCCCCCCCCCCCCCCCCC. The van der Waals surface area contributed by atoms with Gasteiger partial charge in [0.25, 0.3) is 7.82 Å². The Balaban J connectivity index is 4.34. The van der Waals surface area contributed by atoms with Crippen molar-refractivity contribution in [3.05, 3.63) is 72.9 Å². The molecule has 0 saturated carbocycles. The molecule has 0 saturated heterocycles. The summed E-state index contributed by atoms with van der Waals surface area (Å²) >= 11 is 0. The van der Waals surface area contributed by atoms with E-state index in [9.17, 15) is 19.0 Å². The van der Waals surface area contributed by atoms with Crippen LogP contribution in [0, 0.1) is 0 Å². The fourth-order valence-corrected chi connectivity index (χ4v) is 7.48. The van der Waals surface area contributed by atoms with E-state index < -0.39 is 32.5 Å². The monoisotopic (exact) mass is 918 g/mol. The van der Waals surface area contributed by atoms with Crippen LogP contribution in [0.4, 0.5) is 0 Å². The third-order valence-corrected chi connectivity index (χ3v) is 11.7. The van der Waals surface area contributed by atoms with Gasteiger partial charge in [0.2, 0.25) is 0 Å². The van der Waals surface area contributed by atoms with Crippen LogP contribution in [-0.4, -0.2) is 70.0 Å². The lowest BCUT2D eigenvalue weighted by atomic mass is 10.0. The van der Waals surface area contributed by atoms with Gasteiger partial charge in [0.15, 0.2) is 6.10 Å². The molecule has 0 heterocycles. The summed E-state index contributed by atoms with van der Waals surface area (Å²) in [5.74, 6) is -0.940. The first-order valence-corrected chi connectivity index (χ1v) is 27.1. The minimum absolute atomic E-state index is 0.0470. The first-order chi connectivity index (χ1) is 31.0. The van der Waals surface area contributed by atoms with Gasteiger partial charge in [0.05, 0.1) is 27.7 Å². The third-order valence-electron chi connectivity index (χ3n) is 10.7. The molecule has 0 aliphatic rings. The van der Waals surface area contributed by atoms with Gasteiger partial charge in [-0.15, -0.1) is 0 Å². The fraction of sp³-hybridized carbons (Fsp3) is 0.741. The van der Waals surface area contributed by atoms with Gasteiger partial charge < -0.3 is 27.9 Å². The van der Waals surface area contributed by atoms with Crippen LogP contribution < -0.4 is 4.89 Å². The van der Waals surface area contributed by atoms with Gasteiger partial charge >= 0.3 is 11.9 Å². The second-order valence-corrected chi connectivity index (χ2v) is 19.6. The normalized spacial score (nSPS) is 14.0. The molecule has 0 N–H and O–H groups in total. The Morgan fingerprint density at radius 3 is 1.34 bits per heavy atom. The summed E-state index contributed by atoms with van der Waals surface area (Å²) in [6, 6.07) is 0. The predicted molar refractivity (Wildman–Crippen MR) is 268 cm³/mol. The second-order valence-electron chi connectivity index (χ2n) is 18.1. The number of hydrogen-bond acceptors (Lipinski definition) is 8. The van der Waals surface area contributed by atoms with Gasteiger partial charge in [-0.1, -0.05) is 196 Å². The van der Waals surface area contributed by atoms with Crippen molar-refractivity contribution in [1.82, 2.24) is 0 Å². The van der Waals surface area contributed by atoms with E-state index in [4.69, 9.17) is 18.5 Å². The quantitative estimate of drug-likeness (QED) is 0.0195. The lowest BCUT2D eigenvalue weighted by Crippen LogP contribution is -2.37. The minimum Gasteiger partial charge on any atom is -0.756 e. The Morgan fingerprint density at radius 1 is 0.500 bits per heavy atom. The summed E-state index contributed by atoms with van der Waals surface area (Å²) in [6.45, 7) is 4.03. The van der Waals surface area contributed by atoms with Gasteiger partial charge in [0, 0.05) is 12.8 Å². The Morgan fingerprint density at radius 2 is 0.891 bits per heavy atom. The van der Waals surface area contributed by atoms with Crippen molar-refractivity contribution in [3.8, 4) is 0 Å². The van der Waals surface area contributed by atoms with Crippen molar-refractivity contribution in [2.24, 2.45) is 0 Å². The summed E-state index contributed by atoms with van der Waals surface area (Å²) in [5.41, 5.74) is 0. The molecule has 0 radical (unpaired) electrons. The number of allylic oxidation sites excluding steroid dienone is 12. The summed E-state index contributed by atoms with van der Waals surface area (Å²) in [6.07, 6.45) is 58.2. The van der Waals surface area contributed by atoms with E-state index in [1.54, 1.807) is 0 Å². The molecule has 0 rings (SSSR count). The van der Waals surface area contributed by atoms with Crippen LogP contribution in [-0.2, 0) is 32.7 Å². The highest BCUT2D eigenvalue weighted by Gasteiger charge is 2.21. The van der Waals surface area contributed by atoms with Gasteiger partial charge in [0.1, 0.15) is 19.8 Å². The minimum atomic E-state index is -4.65. The molecule has 9 nitrogen and oxygen atoms in total. The Bertz CT molecular complexity index is 1310. The van der Waals surface area contributed by atoms with Crippen molar-refractivity contribution in [3.63, 3.8) is 0 Å². The lowest BCUT2D eigenvalue weighted by molar-refractivity contribution is -0.870. The zero-order valence-corrected chi connectivity index (χ0v) is 42.6. The Kier molecular flexibility index (Phi) is 43.8. The molecule has 0 aromatic heterocycles. The van der Waals surface area contributed by atoms with Gasteiger partial charge in [-0.2, -0.15) is 0 Å². The van der Waals surface area contributed by atoms with Crippen molar-refractivity contribution >= 4 is 19.8 Å². The zero-order valence-electron chi connectivity index (χ0n) is 41.7. The van der Waals surface area contributed by atoms with Crippen LogP contribution in [0.2, 0.25) is 0 Å². The van der Waals surface area contributed by atoms with Crippen molar-refractivity contribution in [2.75, 3.05) is 47.5 Å². The second kappa shape index (κ2) is 45.6. The highest BCUT2D eigenvalue weighted by molar-refractivity contribution is 7.45. The van der Waals surface area contributed by atoms with E-state index in [0.29, 0.717) is 23.9 Å². The molecule has 64 heavy (non-hydrogen) atoms. The highest BCUT2D eigenvalue weighted by Crippen LogP contribution is 2.38. The van der Waals surface area contributed by atoms with Crippen LogP contribution in [0.25, 0.3) is 0 Å². The smallest absolute Gasteiger partial charge is 0.306 e. The van der Waals surface area contributed by atoms with E-state index in [0.717, 1.165) is 51.4 Å². The molecule has 0 spiro atoms. The first-order valence-electron chi connectivity index (χ1n) is 25.6. The Labute approximate surface area is 393 Å². The maximum Gasteiger partial charge on any atom is 0.306 e. The molecular formula is C54H96NO8P. The van der Waals surface area contributed by atoms with E-state index in [2.05, 4.69) is 80.7 Å². The number of likely N-dealkylation sites (N-methyl/N-ethyl adjacent to an activating group) is 1. The van der Waals surface area contributed by atoms with Crippen LogP contribution in [0.5, 0.6) is 0 Å². The van der Waals surface area contributed by atoms with Crippen LogP contribution in [0.3, 0.4) is 0 Å².